The molecule has 4 N–H and O–H groups in total. The summed E-state index contributed by atoms with van der Waals surface area (Å²) in [6, 6.07) is 4.16. The number of nitrogens with zero attached hydrogens (tertiary/aromatic N) is 2. The van der Waals surface area contributed by atoms with Crippen LogP contribution in [0.25, 0.3) is 0 Å². The second-order valence-electron chi connectivity index (χ2n) is 3.74. The van der Waals surface area contributed by atoms with E-state index in [0.29, 0.717) is 22.8 Å². The molecule has 2 rings (SSSR count). The van der Waals surface area contributed by atoms with Gasteiger partial charge >= 0.3 is 0 Å². The summed E-state index contributed by atoms with van der Waals surface area (Å²) in [6.45, 7) is 1.84. The van der Waals surface area contributed by atoms with Crippen LogP contribution in [0.4, 0.5) is 4.39 Å². The molecule has 0 aliphatic carbocycles. The first kappa shape index (κ1) is 11.7. The quantitative estimate of drug-likeness (QED) is 0.830. The summed E-state index contributed by atoms with van der Waals surface area (Å²) in [6.07, 6.45) is 0. The van der Waals surface area contributed by atoms with Crippen LogP contribution in [0.2, 0.25) is 0 Å². The van der Waals surface area contributed by atoms with Gasteiger partial charge in [-0.15, -0.1) is 0 Å². The van der Waals surface area contributed by atoms with Gasteiger partial charge in [0.05, 0.1) is 12.6 Å². The van der Waals surface area contributed by atoms with Crippen molar-refractivity contribution in [2.75, 3.05) is 0 Å². The average molecular weight is 236 g/mol. The molecule has 17 heavy (non-hydrogen) atoms. The van der Waals surface area contributed by atoms with Gasteiger partial charge in [-0.25, -0.2) is 4.39 Å². The molecule has 6 heteroatoms. The Kier molecular flexibility index (Phi) is 3.16. The number of aromatic nitrogens is 2. The molecule has 2 aromatic rings. The van der Waals surface area contributed by atoms with Gasteiger partial charge in [0.15, 0.2) is 5.82 Å². The predicted octanol–water partition coefficient (Wildman–Crippen LogP) is 1.02. The van der Waals surface area contributed by atoms with Crippen LogP contribution in [-0.2, 0) is 6.54 Å². The maximum absolute atomic E-state index is 13.4. The fourth-order valence-electron chi connectivity index (χ4n) is 1.43. The molecule has 0 fully saturated rings. The standard InChI is InChI=1S/C11H13FN4O/c1-6-2-3-7(4-8(6)12)10(14)11-15-9(5-13)17-16-11/h2-4,10H,5,13-14H2,1H3. The molecule has 0 saturated heterocycles. The van der Waals surface area contributed by atoms with E-state index in [-0.39, 0.29) is 12.4 Å². The molecule has 1 aromatic heterocycles. The Balaban J connectivity index is 2.29. The van der Waals surface area contributed by atoms with Gasteiger partial charge in [-0.3, -0.25) is 0 Å². The van der Waals surface area contributed by atoms with E-state index in [1.54, 1.807) is 19.1 Å². The van der Waals surface area contributed by atoms with E-state index in [2.05, 4.69) is 10.1 Å². The zero-order chi connectivity index (χ0) is 12.4. The van der Waals surface area contributed by atoms with E-state index in [1.807, 2.05) is 0 Å². The van der Waals surface area contributed by atoms with E-state index in [4.69, 9.17) is 16.0 Å². The number of rotatable bonds is 3. The lowest BCUT2D eigenvalue weighted by atomic mass is 10.1. The third-order valence-corrected chi connectivity index (χ3v) is 2.49. The Bertz CT molecular complexity index is 526. The third-order valence-electron chi connectivity index (χ3n) is 2.49. The first-order valence-corrected chi connectivity index (χ1v) is 5.16. The van der Waals surface area contributed by atoms with Gasteiger partial charge in [0.1, 0.15) is 5.82 Å². The molecule has 0 aliphatic rings. The molecule has 0 amide bonds. The van der Waals surface area contributed by atoms with Crippen LogP contribution in [0.5, 0.6) is 0 Å². The lowest BCUT2D eigenvalue weighted by molar-refractivity contribution is 0.373. The summed E-state index contributed by atoms with van der Waals surface area (Å²) in [4.78, 5) is 4.01. The minimum Gasteiger partial charge on any atom is -0.338 e. The summed E-state index contributed by atoms with van der Waals surface area (Å²) in [5.41, 5.74) is 12.4. The lowest BCUT2D eigenvalue weighted by Crippen LogP contribution is -2.14. The molecule has 5 nitrogen and oxygen atoms in total. The number of hydrogen-bond donors (Lipinski definition) is 2. The summed E-state index contributed by atoms with van der Waals surface area (Å²) in [7, 11) is 0. The molecule has 0 bridgehead atoms. The van der Waals surface area contributed by atoms with Crippen molar-refractivity contribution in [1.29, 1.82) is 0 Å². The van der Waals surface area contributed by atoms with Crippen LogP contribution in [0, 0.1) is 12.7 Å². The Morgan fingerprint density at radius 3 is 2.82 bits per heavy atom. The zero-order valence-electron chi connectivity index (χ0n) is 9.35. The Morgan fingerprint density at radius 2 is 2.24 bits per heavy atom. The van der Waals surface area contributed by atoms with Crippen molar-refractivity contribution in [2.24, 2.45) is 11.5 Å². The van der Waals surface area contributed by atoms with Gasteiger partial charge in [-0.05, 0) is 24.1 Å². The first-order valence-electron chi connectivity index (χ1n) is 5.16. The Labute approximate surface area is 97.6 Å². The van der Waals surface area contributed by atoms with E-state index in [9.17, 15) is 4.39 Å². The minimum absolute atomic E-state index is 0.155. The highest BCUT2D eigenvalue weighted by Crippen LogP contribution is 2.19. The van der Waals surface area contributed by atoms with Crippen molar-refractivity contribution in [1.82, 2.24) is 10.1 Å². The number of benzene rings is 1. The summed E-state index contributed by atoms with van der Waals surface area (Å²) in [5.74, 6) is 0.303. The largest absolute Gasteiger partial charge is 0.338 e. The highest BCUT2D eigenvalue weighted by molar-refractivity contribution is 5.28. The Morgan fingerprint density at radius 1 is 1.47 bits per heavy atom. The third kappa shape index (κ3) is 2.32. The number of hydrogen-bond acceptors (Lipinski definition) is 5. The molecule has 0 aliphatic heterocycles. The topological polar surface area (TPSA) is 91.0 Å². The van der Waals surface area contributed by atoms with Crippen LogP contribution in [-0.4, -0.2) is 10.1 Å². The SMILES string of the molecule is Cc1ccc(C(N)c2noc(CN)n2)cc1F. The van der Waals surface area contributed by atoms with E-state index >= 15 is 0 Å². The van der Waals surface area contributed by atoms with Crippen molar-refractivity contribution in [2.45, 2.75) is 19.5 Å². The van der Waals surface area contributed by atoms with Crippen LogP contribution in [0.3, 0.4) is 0 Å². The molecular formula is C11H13FN4O. The molecule has 90 valence electrons. The molecular weight excluding hydrogens is 223 g/mol. The Hall–Kier alpha value is -1.79. The average Bonchev–Trinajstić information content (AvgIpc) is 2.80. The minimum atomic E-state index is -0.617. The maximum Gasteiger partial charge on any atom is 0.240 e. The summed E-state index contributed by atoms with van der Waals surface area (Å²) >= 11 is 0. The van der Waals surface area contributed by atoms with Gasteiger partial charge in [0.2, 0.25) is 5.89 Å². The lowest BCUT2D eigenvalue weighted by Gasteiger charge is -2.08. The molecule has 1 unspecified atom stereocenters. The maximum atomic E-state index is 13.4. The number of halogens is 1. The van der Waals surface area contributed by atoms with E-state index in [0.717, 1.165) is 0 Å². The summed E-state index contributed by atoms with van der Waals surface area (Å²) < 4.78 is 18.2. The van der Waals surface area contributed by atoms with Crippen LogP contribution in [0.1, 0.15) is 28.9 Å². The number of nitrogens with two attached hydrogens (primary N) is 2. The highest BCUT2D eigenvalue weighted by Gasteiger charge is 2.16. The molecule has 0 saturated carbocycles. The molecule has 1 heterocycles. The van der Waals surface area contributed by atoms with Crippen LogP contribution < -0.4 is 11.5 Å². The normalized spacial score (nSPS) is 12.7. The van der Waals surface area contributed by atoms with Crippen LogP contribution in [0.15, 0.2) is 22.7 Å². The van der Waals surface area contributed by atoms with Gasteiger partial charge in [-0.1, -0.05) is 17.3 Å². The van der Waals surface area contributed by atoms with Gasteiger partial charge in [-0.2, -0.15) is 4.98 Å². The van der Waals surface area contributed by atoms with E-state index < -0.39 is 6.04 Å². The van der Waals surface area contributed by atoms with Crippen LogP contribution >= 0.6 is 0 Å². The van der Waals surface area contributed by atoms with Crippen molar-refractivity contribution in [3.63, 3.8) is 0 Å². The smallest absolute Gasteiger partial charge is 0.240 e. The first-order chi connectivity index (χ1) is 8.11. The van der Waals surface area contributed by atoms with Crippen molar-refractivity contribution >= 4 is 0 Å². The molecule has 1 aromatic carbocycles. The van der Waals surface area contributed by atoms with Gasteiger partial charge < -0.3 is 16.0 Å². The monoisotopic (exact) mass is 236 g/mol. The fraction of sp³-hybridized carbons (Fsp3) is 0.273. The molecule has 0 spiro atoms. The van der Waals surface area contributed by atoms with E-state index in [1.165, 1.54) is 6.07 Å². The zero-order valence-corrected chi connectivity index (χ0v) is 9.35. The second-order valence-corrected chi connectivity index (χ2v) is 3.74. The highest BCUT2D eigenvalue weighted by atomic mass is 19.1. The summed E-state index contributed by atoms with van der Waals surface area (Å²) in [5, 5.41) is 3.70. The van der Waals surface area contributed by atoms with Crippen molar-refractivity contribution < 1.29 is 8.91 Å². The molecule has 0 radical (unpaired) electrons. The van der Waals surface area contributed by atoms with Crippen molar-refractivity contribution in [3.05, 3.63) is 46.9 Å². The molecule has 1 atom stereocenters. The fourth-order valence-corrected chi connectivity index (χ4v) is 1.43. The predicted molar refractivity (Wildman–Crippen MR) is 59.4 cm³/mol. The second kappa shape index (κ2) is 4.60. The van der Waals surface area contributed by atoms with Gasteiger partial charge in [0.25, 0.3) is 0 Å². The van der Waals surface area contributed by atoms with Gasteiger partial charge in [0, 0.05) is 0 Å². The number of aryl methyl sites for hydroxylation is 1. The van der Waals surface area contributed by atoms with Crippen molar-refractivity contribution in [3.8, 4) is 0 Å².